The number of pyridine rings is 1. The summed E-state index contributed by atoms with van der Waals surface area (Å²) in [5.41, 5.74) is 0.197. The molecule has 0 amide bonds. The molecular formula is C16H14N2O5. The van der Waals surface area contributed by atoms with Gasteiger partial charge in [0.2, 0.25) is 0 Å². The van der Waals surface area contributed by atoms with Gasteiger partial charge in [0, 0.05) is 29.7 Å². The van der Waals surface area contributed by atoms with E-state index in [0.717, 1.165) is 10.9 Å². The Hall–Kier alpha value is -3.22. The molecule has 0 saturated heterocycles. The number of rotatable bonds is 3. The van der Waals surface area contributed by atoms with Gasteiger partial charge < -0.3 is 24.5 Å². The molecule has 0 spiro atoms. The van der Waals surface area contributed by atoms with Gasteiger partial charge in [0.25, 0.3) is 5.56 Å². The number of carboxylic acid groups (broad SMARTS) is 1. The Bertz CT molecular complexity index is 984. The molecular weight excluding hydrogens is 300 g/mol. The fraction of sp³-hybridized carbons (Fsp3) is 0.125. The second-order valence-corrected chi connectivity index (χ2v) is 5.09. The fourth-order valence-corrected chi connectivity index (χ4v) is 2.61. The highest BCUT2D eigenvalue weighted by atomic mass is 16.5. The molecule has 0 atom stereocenters. The van der Waals surface area contributed by atoms with Crippen LogP contribution in [0.1, 0.15) is 10.4 Å². The quantitative estimate of drug-likeness (QED) is 0.685. The lowest BCUT2D eigenvalue weighted by Gasteiger charge is -2.12. The Labute approximate surface area is 130 Å². The van der Waals surface area contributed by atoms with Crippen LogP contribution in [-0.2, 0) is 7.05 Å². The highest BCUT2D eigenvalue weighted by Gasteiger charge is 2.23. The van der Waals surface area contributed by atoms with Crippen LogP contribution in [0.4, 0.5) is 0 Å². The predicted octanol–water partition coefficient (Wildman–Crippen LogP) is 1.95. The van der Waals surface area contributed by atoms with Crippen LogP contribution in [0, 0.1) is 0 Å². The number of carbonyl (C=O) groups is 1. The highest BCUT2D eigenvalue weighted by molar-refractivity contribution is 5.93. The lowest BCUT2D eigenvalue weighted by molar-refractivity contribution is 0.0691. The summed E-state index contributed by atoms with van der Waals surface area (Å²) in [7, 11) is 3.21. The van der Waals surface area contributed by atoms with Crippen LogP contribution in [0.3, 0.4) is 0 Å². The minimum Gasteiger partial charge on any atom is -0.503 e. The average molecular weight is 314 g/mol. The lowest BCUT2D eigenvalue weighted by Crippen LogP contribution is -2.19. The second kappa shape index (κ2) is 5.20. The summed E-state index contributed by atoms with van der Waals surface area (Å²) in [6.45, 7) is 0. The third-order valence-corrected chi connectivity index (χ3v) is 3.74. The van der Waals surface area contributed by atoms with Gasteiger partial charge in [-0.1, -0.05) is 6.07 Å². The van der Waals surface area contributed by atoms with Crippen LogP contribution >= 0.6 is 0 Å². The number of aromatic amines is 1. The monoisotopic (exact) mass is 314 g/mol. The van der Waals surface area contributed by atoms with Crippen molar-refractivity contribution in [3.05, 3.63) is 46.4 Å². The number of nitrogens with one attached hydrogen (secondary N) is 1. The molecule has 23 heavy (non-hydrogen) atoms. The number of ether oxygens (including phenoxy) is 1. The van der Waals surface area contributed by atoms with Crippen LogP contribution in [0.2, 0.25) is 0 Å². The van der Waals surface area contributed by atoms with Gasteiger partial charge in [-0.15, -0.1) is 0 Å². The zero-order valence-corrected chi connectivity index (χ0v) is 12.5. The van der Waals surface area contributed by atoms with Crippen LogP contribution in [0.15, 0.2) is 35.3 Å². The molecule has 0 aliphatic heterocycles. The van der Waals surface area contributed by atoms with Crippen LogP contribution in [0.5, 0.6) is 11.5 Å². The van der Waals surface area contributed by atoms with Crippen molar-refractivity contribution in [2.75, 3.05) is 7.11 Å². The number of aromatic hydroxyl groups is 1. The van der Waals surface area contributed by atoms with E-state index in [4.69, 9.17) is 9.84 Å². The van der Waals surface area contributed by atoms with Gasteiger partial charge in [0.1, 0.15) is 0 Å². The fourth-order valence-electron chi connectivity index (χ4n) is 2.61. The van der Waals surface area contributed by atoms with Crippen molar-refractivity contribution in [3.8, 4) is 22.8 Å². The van der Waals surface area contributed by atoms with Crippen molar-refractivity contribution in [1.29, 1.82) is 0 Å². The van der Waals surface area contributed by atoms with Crippen LogP contribution in [-0.4, -0.2) is 32.8 Å². The highest BCUT2D eigenvalue weighted by Crippen LogP contribution is 2.37. The van der Waals surface area contributed by atoms with Gasteiger partial charge in [-0.2, -0.15) is 0 Å². The molecule has 3 rings (SSSR count). The molecule has 7 nitrogen and oxygen atoms in total. The van der Waals surface area contributed by atoms with E-state index in [9.17, 15) is 14.7 Å². The number of nitrogens with zero attached hydrogens (tertiary/aromatic N) is 1. The van der Waals surface area contributed by atoms with Crippen LogP contribution in [0.25, 0.3) is 22.2 Å². The Balaban J connectivity index is 2.29. The minimum absolute atomic E-state index is 0.0859. The molecule has 118 valence electrons. The summed E-state index contributed by atoms with van der Waals surface area (Å²) >= 11 is 0. The number of aromatic nitrogens is 2. The molecule has 2 aromatic heterocycles. The molecule has 0 aliphatic rings. The molecule has 7 heteroatoms. The standard InChI is InChI=1S/C16H14N2O5/c1-18-6-5-8-7-9(3-4-10(8)18)12-14(23-2)13(19)11(16(21)22)15(20)17-12/h3-7H,1-2H3,(H,21,22)(H2,17,19,20). The van der Waals surface area contributed by atoms with Gasteiger partial charge in [-0.05, 0) is 18.2 Å². The molecule has 0 saturated carbocycles. The van der Waals surface area contributed by atoms with Gasteiger partial charge in [-0.3, -0.25) is 4.79 Å². The normalized spacial score (nSPS) is 10.9. The van der Waals surface area contributed by atoms with Gasteiger partial charge >= 0.3 is 5.97 Å². The van der Waals surface area contributed by atoms with Crippen molar-refractivity contribution in [1.82, 2.24) is 9.55 Å². The maximum Gasteiger partial charge on any atom is 0.345 e. The number of H-pyrrole nitrogens is 1. The number of fused-ring (bicyclic) bond motifs is 1. The molecule has 3 N–H and O–H groups in total. The number of benzene rings is 1. The minimum atomic E-state index is -1.52. The Morgan fingerprint density at radius 2 is 2.04 bits per heavy atom. The maximum absolute atomic E-state index is 12.0. The summed E-state index contributed by atoms with van der Waals surface area (Å²) in [5, 5.41) is 20.0. The second-order valence-electron chi connectivity index (χ2n) is 5.09. The Morgan fingerprint density at radius 3 is 2.70 bits per heavy atom. The molecule has 3 aromatic rings. The number of aryl methyl sites for hydroxylation is 1. The smallest absolute Gasteiger partial charge is 0.345 e. The number of aromatic carboxylic acids is 1. The number of carboxylic acids is 1. The van der Waals surface area contributed by atoms with Crippen molar-refractivity contribution < 1.29 is 19.7 Å². The molecule has 2 heterocycles. The SMILES string of the molecule is COc1c(-c2ccc3c(ccn3C)c2)[nH]c(=O)c(C(=O)O)c1O. The summed E-state index contributed by atoms with van der Waals surface area (Å²) in [4.78, 5) is 25.5. The predicted molar refractivity (Wildman–Crippen MR) is 84.2 cm³/mol. The molecule has 0 unspecified atom stereocenters. The van der Waals surface area contributed by atoms with E-state index in [0.29, 0.717) is 5.56 Å². The van der Waals surface area contributed by atoms with Gasteiger partial charge in [0.05, 0.1) is 12.8 Å². The third-order valence-electron chi connectivity index (χ3n) is 3.74. The van der Waals surface area contributed by atoms with Crippen molar-refractivity contribution >= 4 is 16.9 Å². The van der Waals surface area contributed by atoms with E-state index in [1.54, 1.807) is 6.07 Å². The summed E-state index contributed by atoms with van der Waals surface area (Å²) in [6.07, 6.45) is 1.90. The van der Waals surface area contributed by atoms with Crippen LogP contribution < -0.4 is 10.3 Å². The van der Waals surface area contributed by atoms with Crippen molar-refractivity contribution in [2.45, 2.75) is 0 Å². The number of methoxy groups -OCH3 is 1. The molecule has 0 radical (unpaired) electrons. The third kappa shape index (κ3) is 2.22. The topological polar surface area (TPSA) is 105 Å². The van der Waals surface area contributed by atoms with E-state index < -0.39 is 22.8 Å². The Kier molecular flexibility index (Phi) is 3.33. The average Bonchev–Trinajstić information content (AvgIpc) is 2.87. The molecule has 1 aromatic carbocycles. The first-order valence-corrected chi connectivity index (χ1v) is 6.76. The summed E-state index contributed by atoms with van der Waals surface area (Å²) in [5.74, 6) is -2.30. The van der Waals surface area contributed by atoms with Gasteiger partial charge in [0.15, 0.2) is 17.1 Å². The molecule has 0 bridgehead atoms. The summed E-state index contributed by atoms with van der Waals surface area (Å²) in [6, 6.07) is 7.36. The van der Waals surface area contributed by atoms with Crippen molar-refractivity contribution in [2.24, 2.45) is 7.05 Å². The van der Waals surface area contributed by atoms with E-state index in [-0.39, 0.29) is 11.4 Å². The van der Waals surface area contributed by atoms with E-state index in [1.807, 2.05) is 36.0 Å². The number of hydrogen-bond acceptors (Lipinski definition) is 4. The largest absolute Gasteiger partial charge is 0.503 e. The number of hydrogen-bond donors (Lipinski definition) is 3. The van der Waals surface area contributed by atoms with Gasteiger partial charge in [-0.25, -0.2) is 4.79 Å². The van der Waals surface area contributed by atoms with E-state index in [1.165, 1.54) is 7.11 Å². The van der Waals surface area contributed by atoms with E-state index >= 15 is 0 Å². The van der Waals surface area contributed by atoms with E-state index in [2.05, 4.69) is 4.98 Å². The Morgan fingerprint density at radius 1 is 1.30 bits per heavy atom. The zero-order chi connectivity index (χ0) is 16.7. The first-order chi connectivity index (χ1) is 10.9. The summed E-state index contributed by atoms with van der Waals surface area (Å²) < 4.78 is 7.05. The van der Waals surface area contributed by atoms with Crippen molar-refractivity contribution in [3.63, 3.8) is 0 Å². The molecule has 0 fully saturated rings. The lowest BCUT2D eigenvalue weighted by atomic mass is 10.1. The first kappa shape index (κ1) is 14.7. The first-order valence-electron chi connectivity index (χ1n) is 6.76. The molecule has 0 aliphatic carbocycles. The maximum atomic E-state index is 12.0. The zero-order valence-electron chi connectivity index (χ0n) is 12.5.